The maximum absolute atomic E-state index is 4.32. The molecule has 0 radical (unpaired) electrons. The van der Waals surface area contributed by atoms with Gasteiger partial charge in [0.1, 0.15) is 11.6 Å². The first-order chi connectivity index (χ1) is 9.24. The molecule has 0 saturated carbocycles. The number of halogens is 1. The van der Waals surface area contributed by atoms with Gasteiger partial charge in [-0.15, -0.1) is 10.2 Å². The van der Waals surface area contributed by atoms with Crippen molar-refractivity contribution in [2.45, 2.75) is 45.0 Å². The topological polar surface area (TPSA) is 30.7 Å². The van der Waals surface area contributed by atoms with Crippen LogP contribution in [0.1, 0.15) is 36.1 Å². The van der Waals surface area contributed by atoms with E-state index in [-0.39, 0.29) is 0 Å². The van der Waals surface area contributed by atoms with Crippen molar-refractivity contribution in [2.24, 2.45) is 0 Å². The van der Waals surface area contributed by atoms with Crippen LogP contribution in [0, 0.1) is 6.92 Å². The third kappa shape index (κ3) is 3.66. The average molecular weight is 322 g/mol. The highest BCUT2D eigenvalue weighted by atomic mass is 79.9. The summed E-state index contributed by atoms with van der Waals surface area (Å²) in [7, 11) is 0. The van der Waals surface area contributed by atoms with Crippen LogP contribution in [0.3, 0.4) is 0 Å². The molecule has 0 N–H and O–H groups in total. The molecule has 2 aromatic rings. The lowest BCUT2D eigenvalue weighted by Crippen LogP contribution is -2.07. The minimum absolute atomic E-state index is 0.768. The quantitative estimate of drug-likeness (QED) is 0.760. The van der Waals surface area contributed by atoms with E-state index >= 15 is 0 Å². The first-order valence-corrected chi connectivity index (χ1v) is 7.89. The van der Waals surface area contributed by atoms with Crippen LogP contribution in [0.15, 0.2) is 24.3 Å². The number of hydrogen-bond acceptors (Lipinski definition) is 2. The van der Waals surface area contributed by atoms with Gasteiger partial charge < -0.3 is 4.57 Å². The van der Waals surface area contributed by atoms with E-state index in [4.69, 9.17) is 0 Å². The van der Waals surface area contributed by atoms with E-state index < -0.39 is 0 Å². The first kappa shape index (κ1) is 14.3. The molecule has 102 valence electrons. The monoisotopic (exact) mass is 321 g/mol. The zero-order valence-electron chi connectivity index (χ0n) is 11.6. The van der Waals surface area contributed by atoms with E-state index in [0.717, 1.165) is 42.8 Å². The van der Waals surface area contributed by atoms with Crippen LogP contribution in [0.5, 0.6) is 0 Å². The number of rotatable bonds is 6. The van der Waals surface area contributed by atoms with E-state index in [0.29, 0.717) is 0 Å². The average Bonchev–Trinajstić information content (AvgIpc) is 2.81. The minimum Gasteiger partial charge on any atom is -0.314 e. The van der Waals surface area contributed by atoms with E-state index in [1.807, 2.05) is 0 Å². The summed E-state index contributed by atoms with van der Waals surface area (Å²) in [6.07, 6.45) is 3.07. The number of aromatic nitrogens is 3. The Morgan fingerprint density at radius 2 is 1.74 bits per heavy atom. The fraction of sp³-hybridized carbons (Fsp3) is 0.467. The van der Waals surface area contributed by atoms with Crippen molar-refractivity contribution in [2.75, 3.05) is 0 Å². The van der Waals surface area contributed by atoms with Crippen molar-refractivity contribution < 1.29 is 0 Å². The van der Waals surface area contributed by atoms with Gasteiger partial charge in [-0.25, -0.2) is 0 Å². The molecule has 1 aromatic heterocycles. The predicted octanol–water partition coefficient (Wildman–Crippen LogP) is 3.68. The smallest absolute Gasteiger partial charge is 0.143 e. The molecule has 0 fully saturated rings. The summed E-state index contributed by atoms with van der Waals surface area (Å²) in [6.45, 7) is 5.29. The molecule has 0 amide bonds. The van der Waals surface area contributed by atoms with Crippen LogP contribution in [-0.2, 0) is 24.7 Å². The first-order valence-electron chi connectivity index (χ1n) is 6.77. The molecule has 1 heterocycles. The Labute approximate surface area is 123 Å². The van der Waals surface area contributed by atoms with E-state index in [1.165, 1.54) is 11.1 Å². The summed E-state index contributed by atoms with van der Waals surface area (Å²) in [5.74, 6) is 2.12. The molecule has 2 rings (SSSR count). The minimum atomic E-state index is 0.768. The fourth-order valence-electron chi connectivity index (χ4n) is 2.15. The van der Waals surface area contributed by atoms with Crippen molar-refractivity contribution in [3.63, 3.8) is 0 Å². The van der Waals surface area contributed by atoms with Crippen molar-refractivity contribution in [3.8, 4) is 0 Å². The molecule has 0 atom stereocenters. The Morgan fingerprint density at radius 1 is 1.05 bits per heavy atom. The lowest BCUT2D eigenvalue weighted by atomic mass is 10.1. The zero-order chi connectivity index (χ0) is 13.7. The maximum Gasteiger partial charge on any atom is 0.143 e. The second-order valence-corrected chi connectivity index (χ2v) is 5.36. The molecule has 0 aliphatic heterocycles. The van der Waals surface area contributed by atoms with Gasteiger partial charge in [-0.1, -0.05) is 52.7 Å². The summed E-state index contributed by atoms with van der Waals surface area (Å²) in [5, 5.41) is 9.34. The number of hydrogen-bond donors (Lipinski definition) is 0. The third-order valence-electron chi connectivity index (χ3n) is 3.23. The number of nitrogens with zero attached hydrogens (tertiary/aromatic N) is 3. The summed E-state index contributed by atoms with van der Waals surface area (Å²) >= 11 is 3.47. The Morgan fingerprint density at radius 3 is 2.37 bits per heavy atom. The Balaban J connectivity index is 2.06. The van der Waals surface area contributed by atoms with Crippen molar-refractivity contribution >= 4 is 15.9 Å². The lowest BCUT2D eigenvalue weighted by molar-refractivity contribution is 0.617. The van der Waals surface area contributed by atoms with Gasteiger partial charge in [0.05, 0.1) is 5.33 Å². The summed E-state index contributed by atoms with van der Waals surface area (Å²) < 4.78 is 2.24. The molecule has 0 unspecified atom stereocenters. The zero-order valence-corrected chi connectivity index (χ0v) is 13.2. The molecule has 0 aliphatic rings. The molecule has 0 spiro atoms. The second kappa shape index (κ2) is 6.85. The van der Waals surface area contributed by atoms with Crippen LogP contribution in [0.4, 0.5) is 0 Å². The van der Waals surface area contributed by atoms with Gasteiger partial charge in [0.25, 0.3) is 0 Å². The van der Waals surface area contributed by atoms with E-state index in [9.17, 15) is 0 Å². The Kier molecular flexibility index (Phi) is 5.14. The molecule has 3 nitrogen and oxygen atoms in total. The standard InChI is InChI=1S/C15H20BrN3/c1-3-10-19-14(17-18-15(19)11-16)9-8-13-6-4-12(2)5-7-13/h4-7H,3,8-11H2,1-2H3. The Hall–Kier alpha value is -1.16. The van der Waals surface area contributed by atoms with Crippen LogP contribution < -0.4 is 0 Å². The second-order valence-electron chi connectivity index (χ2n) is 4.80. The predicted molar refractivity (Wildman–Crippen MR) is 81.5 cm³/mol. The van der Waals surface area contributed by atoms with Crippen molar-refractivity contribution in [3.05, 3.63) is 47.0 Å². The van der Waals surface area contributed by atoms with Crippen LogP contribution in [0.2, 0.25) is 0 Å². The van der Waals surface area contributed by atoms with Crippen LogP contribution >= 0.6 is 15.9 Å². The highest BCUT2D eigenvalue weighted by molar-refractivity contribution is 9.08. The normalized spacial score (nSPS) is 10.9. The van der Waals surface area contributed by atoms with Gasteiger partial charge in [0, 0.05) is 13.0 Å². The van der Waals surface area contributed by atoms with Crippen molar-refractivity contribution in [1.82, 2.24) is 14.8 Å². The fourth-order valence-corrected chi connectivity index (χ4v) is 2.56. The lowest BCUT2D eigenvalue weighted by Gasteiger charge is -2.07. The summed E-state index contributed by atoms with van der Waals surface area (Å²) in [6, 6.07) is 8.72. The molecular weight excluding hydrogens is 302 g/mol. The molecule has 0 aliphatic carbocycles. The molecule has 1 aromatic carbocycles. The highest BCUT2D eigenvalue weighted by Gasteiger charge is 2.10. The number of alkyl halides is 1. The number of aryl methyl sites for hydroxylation is 3. The Bertz CT molecular complexity index is 517. The number of benzene rings is 1. The maximum atomic E-state index is 4.32. The van der Waals surface area contributed by atoms with Gasteiger partial charge in [0.2, 0.25) is 0 Å². The van der Waals surface area contributed by atoms with Crippen LogP contribution in [-0.4, -0.2) is 14.8 Å². The molecule has 19 heavy (non-hydrogen) atoms. The van der Waals surface area contributed by atoms with Gasteiger partial charge in [-0.2, -0.15) is 0 Å². The summed E-state index contributed by atoms with van der Waals surface area (Å²) in [5.41, 5.74) is 2.66. The van der Waals surface area contributed by atoms with Gasteiger partial charge in [-0.05, 0) is 25.3 Å². The van der Waals surface area contributed by atoms with Gasteiger partial charge in [0.15, 0.2) is 0 Å². The van der Waals surface area contributed by atoms with Crippen molar-refractivity contribution in [1.29, 1.82) is 0 Å². The van der Waals surface area contributed by atoms with E-state index in [2.05, 4.69) is 68.8 Å². The molecule has 0 saturated heterocycles. The third-order valence-corrected chi connectivity index (χ3v) is 3.73. The highest BCUT2D eigenvalue weighted by Crippen LogP contribution is 2.11. The molecule has 0 bridgehead atoms. The van der Waals surface area contributed by atoms with Gasteiger partial charge >= 0.3 is 0 Å². The summed E-state index contributed by atoms with van der Waals surface area (Å²) in [4.78, 5) is 0. The van der Waals surface area contributed by atoms with Gasteiger partial charge in [-0.3, -0.25) is 0 Å². The largest absolute Gasteiger partial charge is 0.314 e. The van der Waals surface area contributed by atoms with E-state index in [1.54, 1.807) is 0 Å². The molecular formula is C15H20BrN3. The van der Waals surface area contributed by atoms with Crippen LogP contribution in [0.25, 0.3) is 0 Å². The SMILES string of the molecule is CCCn1c(CBr)nnc1CCc1ccc(C)cc1. The molecule has 4 heteroatoms.